The minimum Gasteiger partial charge on any atom is -0.309 e. The van der Waals surface area contributed by atoms with Crippen molar-refractivity contribution < 1.29 is 0 Å². The molecule has 0 bridgehead atoms. The summed E-state index contributed by atoms with van der Waals surface area (Å²) in [6.07, 6.45) is 9.14. The minimum absolute atomic E-state index is 0.247. The zero-order valence-electron chi connectivity index (χ0n) is 49.2. The fourth-order valence-corrected chi connectivity index (χ4v) is 15.6. The number of aryl methyl sites for hydroxylation is 4. The Morgan fingerprint density at radius 3 is 1.14 bits per heavy atom. The van der Waals surface area contributed by atoms with Gasteiger partial charge in [0.05, 0.1) is 44.8 Å². The third-order valence-electron chi connectivity index (χ3n) is 19.4. The summed E-state index contributed by atoms with van der Waals surface area (Å²) in [6.45, 7) is 14.2. The lowest BCUT2D eigenvalue weighted by atomic mass is 9.83. The SMILES string of the molecule is Cc1ccc(N(c2cccc3c2CCCC3)c2cc(C(C)C)c3ccc4c(N(c5cccc6c5CCCC6)c5ccc(C)c6c5c5ccccc5n6-c5ccccc5)cc(C(C)C)c5ccc2c3c54)c2c3ccccc3n(-c3ccccc3)c12. The number of nitrogens with zero attached hydrogens (tertiary/aromatic N) is 4. The van der Waals surface area contributed by atoms with Crippen LogP contribution < -0.4 is 9.80 Å². The average Bonchev–Trinajstić information content (AvgIpc) is 1.50. The number of hydrogen-bond donors (Lipinski definition) is 0. The van der Waals surface area contributed by atoms with Crippen molar-refractivity contribution in [1.82, 2.24) is 9.13 Å². The Balaban J connectivity index is 1.05. The summed E-state index contributed by atoms with van der Waals surface area (Å²) in [7, 11) is 0. The molecule has 4 nitrogen and oxygen atoms in total. The average molecular weight is 1090 g/mol. The summed E-state index contributed by atoms with van der Waals surface area (Å²) in [5.41, 5.74) is 26.0. The molecule has 0 unspecified atom stereocenters. The van der Waals surface area contributed by atoms with Crippen molar-refractivity contribution in [3.05, 3.63) is 251 Å². The second-order valence-electron chi connectivity index (χ2n) is 24.9. The van der Waals surface area contributed by atoms with E-state index < -0.39 is 0 Å². The Kier molecular flexibility index (Phi) is 11.9. The lowest BCUT2D eigenvalue weighted by molar-refractivity contribution is 0.686. The molecule has 0 aliphatic heterocycles. The van der Waals surface area contributed by atoms with Crippen LogP contribution in [-0.4, -0.2) is 9.13 Å². The van der Waals surface area contributed by atoms with Gasteiger partial charge in [0.15, 0.2) is 0 Å². The molecule has 12 aromatic carbocycles. The van der Waals surface area contributed by atoms with Crippen LogP contribution in [0.25, 0.3) is 87.3 Å². The highest BCUT2D eigenvalue weighted by Gasteiger charge is 2.32. The number of aromatic nitrogens is 2. The first-order valence-electron chi connectivity index (χ1n) is 31.0. The summed E-state index contributed by atoms with van der Waals surface area (Å²) in [5, 5.41) is 13.0. The molecule has 4 heteroatoms. The van der Waals surface area contributed by atoms with E-state index in [1.54, 1.807) is 0 Å². The van der Waals surface area contributed by atoms with Gasteiger partial charge in [-0.25, -0.2) is 0 Å². The molecule has 0 atom stereocenters. The van der Waals surface area contributed by atoms with Crippen molar-refractivity contribution in [2.24, 2.45) is 0 Å². The molecular weight excluding hydrogens is 1020 g/mol. The molecule has 2 aliphatic carbocycles. The maximum absolute atomic E-state index is 2.73. The van der Waals surface area contributed by atoms with Crippen LogP contribution in [-0.2, 0) is 25.7 Å². The third-order valence-corrected chi connectivity index (χ3v) is 19.4. The molecule has 2 heterocycles. The Bertz CT molecular complexity index is 4630. The number of hydrogen-bond acceptors (Lipinski definition) is 2. The molecule has 2 aromatic heterocycles. The van der Waals surface area contributed by atoms with Crippen LogP contribution in [0.4, 0.5) is 34.1 Å². The van der Waals surface area contributed by atoms with Crippen LogP contribution in [0, 0.1) is 13.8 Å². The van der Waals surface area contributed by atoms with E-state index in [1.165, 1.54) is 192 Å². The van der Waals surface area contributed by atoms with Gasteiger partial charge in [0.25, 0.3) is 0 Å². The van der Waals surface area contributed by atoms with E-state index in [1.807, 2.05) is 0 Å². The Morgan fingerprint density at radius 2 is 0.714 bits per heavy atom. The largest absolute Gasteiger partial charge is 0.309 e. The fourth-order valence-electron chi connectivity index (χ4n) is 15.6. The molecule has 410 valence electrons. The minimum atomic E-state index is 0.247. The normalized spacial score (nSPS) is 13.7. The van der Waals surface area contributed by atoms with Gasteiger partial charge in [0.2, 0.25) is 0 Å². The van der Waals surface area contributed by atoms with Gasteiger partial charge >= 0.3 is 0 Å². The van der Waals surface area contributed by atoms with Crippen molar-refractivity contribution in [3.8, 4) is 11.4 Å². The predicted octanol–water partition coefficient (Wildman–Crippen LogP) is 22.3. The smallest absolute Gasteiger partial charge is 0.0591 e. The molecular formula is C80H70N4. The third kappa shape index (κ3) is 7.58. The second-order valence-corrected chi connectivity index (χ2v) is 24.9. The van der Waals surface area contributed by atoms with E-state index in [9.17, 15) is 0 Å². The standard InChI is InChI=1S/C80H70N4/c1-49(2)65-47-73(83(67-37-21-25-53-23-13-15-31-57(53)67)71-45-39-51(5)79-77(71)61-33-17-19-35-69(61)81(79)55-27-9-7-10-28-55)63-44-42-60-66(50(3)4)48-74(64-43-41-59(65)75(63)76(60)64)84(68-38-22-26-54-24-14-16-32-58(54)68)72-46-40-52(6)80-78(72)62-34-18-20-36-70(62)82(80)56-29-11-8-12-30-56/h7-12,17-22,25-30,33-50H,13-16,23-24,31-32H2,1-6H3. The molecule has 2 aliphatic rings. The first-order valence-corrected chi connectivity index (χ1v) is 31.0. The summed E-state index contributed by atoms with van der Waals surface area (Å²) in [6, 6.07) is 79.4. The van der Waals surface area contributed by atoms with Crippen molar-refractivity contribution in [3.63, 3.8) is 0 Å². The summed E-state index contributed by atoms with van der Waals surface area (Å²) in [4.78, 5) is 5.45. The molecule has 0 radical (unpaired) electrons. The van der Waals surface area contributed by atoms with Crippen molar-refractivity contribution in [1.29, 1.82) is 0 Å². The Morgan fingerprint density at radius 1 is 0.321 bits per heavy atom. The quantitative estimate of drug-likeness (QED) is 0.127. The number of fused-ring (bicyclic) bond motifs is 8. The number of rotatable bonds is 10. The van der Waals surface area contributed by atoms with Crippen LogP contribution in [0.2, 0.25) is 0 Å². The van der Waals surface area contributed by atoms with E-state index in [2.05, 4.69) is 267 Å². The van der Waals surface area contributed by atoms with Gasteiger partial charge in [-0.1, -0.05) is 161 Å². The number of benzene rings is 12. The van der Waals surface area contributed by atoms with E-state index in [4.69, 9.17) is 0 Å². The van der Waals surface area contributed by atoms with Crippen LogP contribution >= 0.6 is 0 Å². The number of anilines is 6. The van der Waals surface area contributed by atoms with Crippen LogP contribution in [0.1, 0.15) is 110 Å². The summed E-state index contributed by atoms with van der Waals surface area (Å²) < 4.78 is 5.02. The molecule has 0 saturated heterocycles. The maximum Gasteiger partial charge on any atom is 0.0591 e. The lowest BCUT2D eigenvalue weighted by Gasteiger charge is -2.34. The molecule has 84 heavy (non-hydrogen) atoms. The number of para-hydroxylation sites is 4. The highest BCUT2D eigenvalue weighted by atomic mass is 15.2. The first kappa shape index (κ1) is 50.6. The fraction of sp³-hybridized carbons (Fsp3) is 0.200. The van der Waals surface area contributed by atoms with Crippen LogP contribution in [0.3, 0.4) is 0 Å². The van der Waals surface area contributed by atoms with Gasteiger partial charge in [-0.05, 0) is 216 Å². The predicted molar refractivity (Wildman–Crippen MR) is 359 cm³/mol. The molecule has 16 rings (SSSR count). The van der Waals surface area contributed by atoms with Gasteiger partial charge in [-0.15, -0.1) is 0 Å². The van der Waals surface area contributed by atoms with Gasteiger partial charge in [0.1, 0.15) is 0 Å². The zero-order valence-corrected chi connectivity index (χ0v) is 49.2. The van der Waals surface area contributed by atoms with Crippen molar-refractivity contribution in [2.45, 2.75) is 105 Å². The highest BCUT2D eigenvalue weighted by molar-refractivity contribution is 6.31. The first-order chi connectivity index (χ1) is 41.2. The van der Waals surface area contributed by atoms with Gasteiger partial charge in [-0.2, -0.15) is 0 Å². The molecule has 0 fully saturated rings. The van der Waals surface area contributed by atoms with Gasteiger partial charge in [-0.3, -0.25) is 0 Å². The van der Waals surface area contributed by atoms with Crippen molar-refractivity contribution in [2.75, 3.05) is 9.80 Å². The van der Waals surface area contributed by atoms with E-state index >= 15 is 0 Å². The van der Waals surface area contributed by atoms with Crippen LogP contribution in [0.15, 0.2) is 206 Å². The molecule has 14 aromatic rings. The molecule has 0 saturated carbocycles. The molecule has 0 spiro atoms. The summed E-state index contributed by atoms with van der Waals surface area (Å²) >= 11 is 0. The highest BCUT2D eigenvalue weighted by Crippen LogP contribution is 2.55. The topological polar surface area (TPSA) is 16.3 Å². The van der Waals surface area contributed by atoms with Crippen molar-refractivity contribution >= 4 is 110 Å². The second kappa shape index (κ2) is 19.8. The summed E-state index contributed by atoms with van der Waals surface area (Å²) in [5.74, 6) is 0.495. The Hall–Kier alpha value is -9.12. The van der Waals surface area contributed by atoms with E-state index in [0.29, 0.717) is 0 Å². The van der Waals surface area contributed by atoms with Gasteiger partial charge < -0.3 is 18.9 Å². The monoisotopic (exact) mass is 1090 g/mol. The Labute approximate surface area is 493 Å². The molecule has 0 N–H and O–H groups in total. The van der Waals surface area contributed by atoms with E-state index in [-0.39, 0.29) is 11.8 Å². The maximum atomic E-state index is 2.73. The van der Waals surface area contributed by atoms with E-state index in [0.717, 1.165) is 25.7 Å². The zero-order chi connectivity index (χ0) is 56.5. The lowest BCUT2D eigenvalue weighted by Crippen LogP contribution is -2.17. The van der Waals surface area contributed by atoms with Crippen LogP contribution in [0.5, 0.6) is 0 Å². The molecule has 0 amide bonds. The van der Waals surface area contributed by atoms with Gasteiger partial charge in [0, 0.05) is 55.1 Å².